The summed E-state index contributed by atoms with van der Waals surface area (Å²) >= 11 is 0. The molecule has 0 saturated carbocycles. The second-order valence-corrected chi connectivity index (χ2v) is 5.59. The normalized spacial score (nSPS) is 11.0. The van der Waals surface area contributed by atoms with E-state index in [1.165, 1.54) is 11.1 Å². The van der Waals surface area contributed by atoms with Crippen LogP contribution in [0.1, 0.15) is 49.1 Å². The highest BCUT2D eigenvalue weighted by Crippen LogP contribution is 2.27. The maximum absolute atomic E-state index is 9.31. The number of hydrogen-bond acceptors (Lipinski definition) is 3. The fourth-order valence-electron chi connectivity index (χ4n) is 2.43. The summed E-state index contributed by atoms with van der Waals surface area (Å²) in [4.78, 5) is 4.45. The van der Waals surface area contributed by atoms with Gasteiger partial charge in [0.15, 0.2) is 0 Å². The van der Waals surface area contributed by atoms with Crippen LogP contribution < -0.4 is 4.74 Å². The van der Waals surface area contributed by atoms with Gasteiger partial charge in [-0.05, 0) is 54.2 Å². The average Bonchev–Trinajstić information content (AvgIpc) is 2.46. The van der Waals surface area contributed by atoms with Gasteiger partial charge < -0.3 is 9.84 Å². The van der Waals surface area contributed by atoms with Gasteiger partial charge in [-0.25, -0.2) is 4.98 Å². The summed E-state index contributed by atoms with van der Waals surface area (Å²) in [6, 6.07) is 9.80. The average molecular weight is 285 g/mol. The van der Waals surface area contributed by atoms with Crippen LogP contribution in [-0.2, 0) is 13.0 Å². The van der Waals surface area contributed by atoms with Crippen LogP contribution in [0.3, 0.4) is 0 Å². The molecule has 21 heavy (non-hydrogen) atoms. The number of rotatable bonds is 5. The van der Waals surface area contributed by atoms with E-state index in [2.05, 4.69) is 31.8 Å². The second kappa shape index (κ2) is 6.72. The molecule has 0 spiro atoms. The van der Waals surface area contributed by atoms with Gasteiger partial charge in [0.1, 0.15) is 5.75 Å². The van der Waals surface area contributed by atoms with E-state index in [4.69, 9.17) is 4.74 Å². The van der Waals surface area contributed by atoms with Crippen LogP contribution in [0, 0.1) is 6.92 Å². The first-order chi connectivity index (χ1) is 10.0. The number of aliphatic hydroxyl groups excluding tert-OH is 1. The molecule has 0 aliphatic heterocycles. The summed E-state index contributed by atoms with van der Waals surface area (Å²) in [5.74, 6) is 1.82. The SMILES string of the molecule is CCc1cc(CO)cc(Oc2ccc(C(C)C)c(C)c2)n1. The Morgan fingerprint density at radius 1 is 1.19 bits per heavy atom. The minimum absolute atomic E-state index is 0.00278. The van der Waals surface area contributed by atoms with Gasteiger partial charge in [0.05, 0.1) is 6.61 Å². The van der Waals surface area contributed by atoms with Crippen molar-refractivity contribution >= 4 is 0 Å². The molecule has 0 radical (unpaired) electrons. The van der Waals surface area contributed by atoms with Gasteiger partial charge in [0, 0.05) is 11.8 Å². The third kappa shape index (κ3) is 3.82. The fourth-order valence-corrected chi connectivity index (χ4v) is 2.43. The number of ether oxygens (including phenoxy) is 1. The molecule has 0 aliphatic rings. The van der Waals surface area contributed by atoms with Crippen molar-refractivity contribution in [3.8, 4) is 11.6 Å². The molecule has 0 aliphatic carbocycles. The lowest BCUT2D eigenvalue weighted by atomic mass is 9.98. The first kappa shape index (κ1) is 15.5. The Morgan fingerprint density at radius 3 is 2.52 bits per heavy atom. The predicted molar refractivity (Wildman–Crippen MR) is 84.9 cm³/mol. The molecule has 0 bridgehead atoms. The van der Waals surface area contributed by atoms with Gasteiger partial charge in [0.25, 0.3) is 0 Å². The second-order valence-electron chi connectivity index (χ2n) is 5.59. The molecule has 0 fully saturated rings. The third-order valence-corrected chi connectivity index (χ3v) is 3.55. The number of hydrogen-bond donors (Lipinski definition) is 1. The summed E-state index contributed by atoms with van der Waals surface area (Å²) < 4.78 is 5.86. The molecule has 1 aromatic carbocycles. The van der Waals surface area contributed by atoms with E-state index in [1.807, 2.05) is 25.1 Å². The van der Waals surface area contributed by atoms with Crippen LogP contribution in [0.25, 0.3) is 0 Å². The molecule has 0 unspecified atom stereocenters. The lowest BCUT2D eigenvalue weighted by Gasteiger charge is -2.12. The molecule has 3 heteroatoms. The van der Waals surface area contributed by atoms with Crippen LogP contribution in [0.2, 0.25) is 0 Å². The van der Waals surface area contributed by atoms with E-state index in [9.17, 15) is 5.11 Å². The summed E-state index contributed by atoms with van der Waals surface area (Å²) in [5.41, 5.74) is 4.30. The minimum atomic E-state index is -0.00278. The van der Waals surface area contributed by atoms with E-state index in [-0.39, 0.29) is 6.61 Å². The van der Waals surface area contributed by atoms with Crippen molar-refractivity contribution in [2.45, 2.75) is 46.6 Å². The maximum atomic E-state index is 9.31. The number of pyridine rings is 1. The Kier molecular flexibility index (Phi) is 4.97. The lowest BCUT2D eigenvalue weighted by Crippen LogP contribution is -1.97. The van der Waals surface area contributed by atoms with Gasteiger partial charge in [-0.15, -0.1) is 0 Å². The third-order valence-electron chi connectivity index (χ3n) is 3.55. The number of aryl methyl sites for hydroxylation is 2. The van der Waals surface area contributed by atoms with Crippen LogP contribution in [0.15, 0.2) is 30.3 Å². The zero-order chi connectivity index (χ0) is 15.4. The first-order valence-corrected chi connectivity index (χ1v) is 7.42. The summed E-state index contributed by atoms with van der Waals surface area (Å²) in [7, 11) is 0. The van der Waals surface area contributed by atoms with Gasteiger partial charge >= 0.3 is 0 Å². The number of benzene rings is 1. The van der Waals surface area contributed by atoms with E-state index in [0.717, 1.165) is 23.4 Å². The summed E-state index contributed by atoms with van der Waals surface area (Å²) in [5, 5.41) is 9.31. The molecule has 112 valence electrons. The molecule has 0 saturated heterocycles. The van der Waals surface area contributed by atoms with Crippen molar-refractivity contribution < 1.29 is 9.84 Å². The Balaban J connectivity index is 2.27. The first-order valence-electron chi connectivity index (χ1n) is 7.42. The van der Waals surface area contributed by atoms with Gasteiger partial charge in [-0.3, -0.25) is 0 Å². The predicted octanol–water partition coefficient (Wildman–Crippen LogP) is 4.36. The molecule has 2 aromatic rings. The van der Waals surface area contributed by atoms with Crippen molar-refractivity contribution in [1.29, 1.82) is 0 Å². The Morgan fingerprint density at radius 2 is 1.95 bits per heavy atom. The molecular weight excluding hydrogens is 262 g/mol. The van der Waals surface area contributed by atoms with E-state index in [0.29, 0.717) is 11.8 Å². The van der Waals surface area contributed by atoms with Crippen molar-refractivity contribution in [2.24, 2.45) is 0 Å². The molecule has 0 atom stereocenters. The van der Waals surface area contributed by atoms with Crippen molar-refractivity contribution in [2.75, 3.05) is 0 Å². The molecule has 1 heterocycles. The topological polar surface area (TPSA) is 42.4 Å². The van der Waals surface area contributed by atoms with Gasteiger partial charge in [-0.2, -0.15) is 0 Å². The summed E-state index contributed by atoms with van der Waals surface area (Å²) in [6.07, 6.45) is 0.815. The number of nitrogens with zero attached hydrogens (tertiary/aromatic N) is 1. The highest BCUT2D eigenvalue weighted by molar-refractivity contribution is 5.38. The van der Waals surface area contributed by atoms with Crippen LogP contribution in [0.4, 0.5) is 0 Å². The molecule has 2 rings (SSSR count). The maximum Gasteiger partial charge on any atom is 0.219 e. The van der Waals surface area contributed by atoms with E-state index in [1.54, 1.807) is 6.07 Å². The number of aliphatic hydroxyl groups is 1. The molecule has 1 aromatic heterocycles. The Bertz CT molecular complexity index is 598. The van der Waals surface area contributed by atoms with E-state index >= 15 is 0 Å². The zero-order valence-electron chi connectivity index (χ0n) is 13.2. The van der Waals surface area contributed by atoms with Crippen molar-refractivity contribution in [3.63, 3.8) is 0 Å². The standard InChI is InChI=1S/C18H23NO2/c1-5-15-9-14(11-20)10-18(19-15)21-16-6-7-17(12(2)3)13(4)8-16/h6-10,12,20H,5,11H2,1-4H3. The highest BCUT2D eigenvalue weighted by Gasteiger charge is 2.07. The minimum Gasteiger partial charge on any atom is -0.439 e. The molecular formula is C18H23NO2. The highest BCUT2D eigenvalue weighted by atomic mass is 16.5. The van der Waals surface area contributed by atoms with Gasteiger partial charge in [0.2, 0.25) is 5.88 Å². The summed E-state index contributed by atoms with van der Waals surface area (Å²) in [6.45, 7) is 8.49. The Labute approximate surface area is 126 Å². The zero-order valence-corrected chi connectivity index (χ0v) is 13.2. The lowest BCUT2D eigenvalue weighted by molar-refractivity contribution is 0.281. The quantitative estimate of drug-likeness (QED) is 0.887. The molecule has 3 nitrogen and oxygen atoms in total. The number of aromatic nitrogens is 1. The Hall–Kier alpha value is -1.87. The van der Waals surface area contributed by atoms with Crippen molar-refractivity contribution in [1.82, 2.24) is 4.98 Å². The van der Waals surface area contributed by atoms with Crippen LogP contribution in [0.5, 0.6) is 11.6 Å². The smallest absolute Gasteiger partial charge is 0.219 e. The fraction of sp³-hybridized carbons (Fsp3) is 0.389. The van der Waals surface area contributed by atoms with Crippen LogP contribution in [-0.4, -0.2) is 10.1 Å². The van der Waals surface area contributed by atoms with E-state index < -0.39 is 0 Å². The van der Waals surface area contributed by atoms with Crippen LogP contribution >= 0.6 is 0 Å². The van der Waals surface area contributed by atoms with Gasteiger partial charge in [-0.1, -0.05) is 26.8 Å². The van der Waals surface area contributed by atoms with Crippen molar-refractivity contribution in [3.05, 3.63) is 52.7 Å². The molecule has 1 N–H and O–H groups in total. The monoisotopic (exact) mass is 285 g/mol. The largest absolute Gasteiger partial charge is 0.439 e. The molecule has 0 amide bonds.